The molecule has 0 radical (unpaired) electrons. The molecule has 2 aromatic rings. The summed E-state index contributed by atoms with van der Waals surface area (Å²) in [4.78, 5) is 4.28. The number of rotatable bonds is 6. The summed E-state index contributed by atoms with van der Waals surface area (Å²) < 4.78 is 1.89. The van der Waals surface area contributed by atoms with E-state index >= 15 is 0 Å². The van der Waals surface area contributed by atoms with Crippen LogP contribution in [0.5, 0.6) is 0 Å². The molecule has 0 amide bonds. The predicted molar refractivity (Wildman–Crippen MR) is 97.7 cm³/mol. The lowest BCUT2D eigenvalue weighted by molar-refractivity contribution is 0.645. The Bertz CT molecular complexity index is 656. The first-order valence-corrected chi connectivity index (χ1v) is 8.38. The van der Waals surface area contributed by atoms with Crippen molar-refractivity contribution in [3.8, 4) is 0 Å². The summed E-state index contributed by atoms with van der Waals surface area (Å²) in [6.45, 7) is 7.19. The van der Waals surface area contributed by atoms with Crippen molar-refractivity contribution in [2.24, 2.45) is 18.0 Å². The maximum absolute atomic E-state index is 4.28. The maximum atomic E-state index is 4.28. The highest BCUT2D eigenvalue weighted by Crippen LogP contribution is 2.15. The monoisotopic (exact) mass is 328 g/mol. The molecule has 2 N–H and O–H groups in total. The van der Waals surface area contributed by atoms with Crippen LogP contribution in [0.2, 0.25) is 0 Å². The van der Waals surface area contributed by atoms with E-state index in [1.165, 1.54) is 11.1 Å². The number of benzene rings is 1. The topological polar surface area (TPSA) is 67.1 Å². The zero-order valence-electron chi connectivity index (χ0n) is 15.2. The van der Waals surface area contributed by atoms with Crippen molar-refractivity contribution in [3.63, 3.8) is 0 Å². The smallest absolute Gasteiger partial charge is 0.191 e. The minimum absolute atomic E-state index is 0.170. The first-order valence-electron chi connectivity index (χ1n) is 8.38. The molecule has 130 valence electrons. The molecule has 0 saturated carbocycles. The number of nitrogens with zero attached hydrogens (tertiary/aromatic N) is 4. The summed E-state index contributed by atoms with van der Waals surface area (Å²) in [7, 11) is 3.69. The van der Waals surface area contributed by atoms with Crippen LogP contribution in [0.4, 0.5) is 0 Å². The quantitative estimate of drug-likeness (QED) is 0.631. The van der Waals surface area contributed by atoms with Crippen LogP contribution in [0, 0.1) is 5.92 Å². The van der Waals surface area contributed by atoms with E-state index in [1.807, 2.05) is 11.6 Å². The van der Waals surface area contributed by atoms with Gasteiger partial charge in [0.15, 0.2) is 11.8 Å². The molecule has 1 atom stereocenters. The van der Waals surface area contributed by atoms with Crippen molar-refractivity contribution < 1.29 is 0 Å². The van der Waals surface area contributed by atoms with E-state index in [0.29, 0.717) is 12.5 Å². The molecule has 1 aromatic carbocycles. The second-order valence-corrected chi connectivity index (χ2v) is 6.49. The molecule has 2 rings (SSSR count). The van der Waals surface area contributed by atoms with Gasteiger partial charge in [-0.25, -0.2) is 0 Å². The lowest BCUT2D eigenvalue weighted by Crippen LogP contribution is -2.38. The van der Waals surface area contributed by atoms with Gasteiger partial charge in [0.05, 0.1) is 12.6 Å². The van der Waals surface area contributed by atoms with Gasteiger partial charge in [-0.3, -0.25) is 4.99 Å². The summed E-state index contributed by atoms with van der Waals surface area (Å²) in [6, 6.07) is 8.97. The first kappa shape index (κ1) is 18.0. The Morgan fingerprint density at radius 2 is 1.92 bits per heavy atom. The molecule has 0 aliphatic heterocycles. The van der Waals surface area contributed by atoms with E-state index in [0.717, 1.165) is 18.2 Å². The molecule has 0 saturated heterocycles. The van der Waals surface area contributed by atoms with Crippen LogP contribution >= 0.6 is 0 Å². The Morgan fingerprint density at radius 1 is 1.21 bits per heavy atom. The standard InChI is InChI=1S/C18H28N6/c1-13(2)10-15-6-8-16(9-7-15)14(3)22-18(19-4)20-11-17-23-21-12-24(17)5/h6-9,12-14H,10-11H2,1-5H3,(H2,19,20,22). The number of aryl methyl sites for hydroxylation is 1. The number of guanidine groups is 1. The highest BCUT2D eigenvalue weighted by atomic mass is 15.3. The SMILES string of the molecule is CN=C(NCc1nncn1C)NC(C)c1ccc(CC(C)C)cc1. The zero-order valence-corrected chi connectivity index (χ0v) is 15.2. The van der Waals surface area contributed by atoms with E-state index in [-0.39, 0.29) is 6.04 Å². The number of aliphatic imine (C=N–C) groups is 1. The van der Waals surface area contributed by atoms with E-state index in [4.69, 9.17) is 0 Å². The molecule has 1 aromatic heterocycles. The van der Waals surface area contributed by atoms with Gasteiger partial charge in [-0.15, -0.1) is 10.2 Å². The van der Waals surface area contributed by atoms with Crippen LogP contribution in [-0.2, 0) is 20.0 Å². The van der Waals surface area contributed by atoms with E-state index in [2.05, 4.69) is 70.9 Å². The van der Waals surface area contributed by atoms with Gasteiger partial charge in [0.1, 0.15) is 6.33 Å². The summed E-state index contributed by atoms with van der Waals surface area (Å²) in [5, 5.41) is 14.6. The van der Waals surface area contributed by atoms with Crippen molar-refractivity contribution in [2.75, 3.05) is 7.05 Å². The van der Waals surface area contributed by atoms with Crippen LogP contribution in [0.1, 0.15) is 43.8 Å². The Morgan fingerprint density at radius 3 is 2.46 bits per heavy atom. The zero-order chi connectivity index (χ0) is 17.5. The molecular weight excluding hydrogens is 300 g/mol. The summed E-state index contributed by atoms with van der Waals surface area (Å²) in [6.07, 6.45) is 2.80. The van der Waals surface area contributed by atoms with E-state index in [9.17, 15) is 0 Å². The third-order valence-corrected chi connectivity index (χ3v) is 3.92. The van der Waals surface area contributed by atoms with Crippen molar-refractivity contribution >= 4 is 5.96 Å². The highest BCUT2D eigenvalue weighted by molar-refractivity contribution is 5.80. The second-order valence-electron chi connectivity index (χ2n) is 6.49. The largest absolute Gasteiger partial charge is 0.350 e. The van der Waals surface area contributed by atoms with E-state index in [1.54, 1.807) is 13.4 Å². The average Bonchev–Trinajstić information content (AvgIpc) is 2.96. The summed E-state index contributed by atoms with van der Waals surface area (Å²) >= 11 is 0. The molecule has 6 heteroatoms. The molecule has 0 fully saturated rings. The Balaban J connectivity index is 1.91. The fourth-order valence-electron chi connectivity index (χ4n) is 2.53. The molecule has 0 spiro atoms. The maximum Gasteiger partial charge on any atom is 0.191 e. The second kappa shape index (κ2) is 8.47. The van der Waals surface area contributed by atoms with Gasteiger partial charge >= 0.3 is 0 Å². The van der Waals surface area contributed by atoms with Crippen LogP contribution in [0.3, 0.4) is 0 Å². The Labute approximate surface area is 144 Å². The van der Waals surface area contributed by atoms with Crippen LogP contribution < -0.4 is 10.6 Å². The lowest BCUT2D eigenvalue weighted by Gasteiger charge is -2.18. The summed E-state index contributed by atoms with van der Waals surface area (Å²) in [5.41, 5.74) is 2.62. The van der Waals surface area contributed by atoms with Crippen molar-refractivity contribution in [3.05, 3.63) is 47.5 Å². The van der Waals surface area contributed by atoms with Crippen molar-refractivity contribution in [1.29, 1.82) is 0 Å². The lowest BCUT2D eigenvalue weighted by atomic mass is 10.00. The molecule has 6 nitrogen and oxygen atoms in total. The molecular formula is C18H28N6. The normalized spacial score (nSPS) is 13.2. The number of aromatic nitrogens is 3. The van der Waals surface area contributed by atoms with Gasteiger partial charge < -0.3 is 15.2 Å². The number of nitrogens with one attached hydrogen (secondary N) is 2. The number of hydrogen-bond donors (Lipinski definition) is 2. The van der Waals surface area contributed by atoms with E-state index < -0.39 is 0 Å². The highest BCUT2D eigenvalue weighted by Gasteiger charge is 2.09. The average molecular weight is 328 g/mol. The molecule has 24 heavy (non-hydrogen) atoms. The van der Waals surface area contributed by atoms with Gasteiger partial charge in [-0.2, -0.15) is 0 Å². The van der Waals surface area contributed by atoms with Gasteiger partial charge in [0.2, 0.25) is 0 Å². The van der Waals surface area contributed by atoms with Gasteiger partial charge in [0, 0.05) is 14.1 Å². The van der Waals surface area contributed by atoms with Gasteiger partial charge in [0.25, 0.3) is 0 Å². The van der Waals surface area contributed by atoms with Gasteiger partial charge in [-0.1, -0.05) is 38.1 Å². The fourth-order valence-corrected chi connectivity index (χ4v) is 2.53. The third kappa shape index (κ3) is 5.08. The molecule has 0 aliphatic rings. The molecule has 1 unspecified atom stereocenters. The number of hydrogen-bond acceptors (Lipinski definition) is 3. The van der Waals surface area contributed by atoms with Crippen LogP contribution in [0.15, 0.2) is 35.6 Å². The minimum Gasteiger partial charge on any atom is -0.350 e. The first-order chi connectivity index (χ1) is 11.5. The Hall–Kier alpha value is -2.37. The third-order valence-electron chi connectivity index (χ3n) is 3.92. The van der Waals surface area contributed by atoms with Crippen molar-refractivity contribution in [2.45, 2.75) is 39.8 Å². The molecule has 0 bridgehead atoms. The molecule has 0 aliphatic carbocycles. The fraction of sp³-hybridized carbons (Fsp3) is 0.500. The van der Waals surface area contributed by atoms with Crippen molar-refractivity contribution in [1.82, 2.24) is 25.4 Å². The molecule has 1 heterocycles. The van der Waals surface area contributed by atoms with Gasteiger partial charge in [-0.05, 0) is 30.4 Å². The van der Waals surface area contributed by atoms with Crippen LogP contribution in [-0.4, -0.2) is 27.8 Å². The predicted octanol–water partition coefficient (Wildman–Crippen LogP) is 2.44. The van der Waals surface area contributed by atoms with Crippen LogP contribution in [0.25, 0.3) is 0 Å². The minimum atomic E-state index is 0.170. The summed E-state index contributed by atoms with van der Waals surface area (Å²) in [5.74, 6) is 2.29. The Kier molecular flexibility index (Phi) is 6.35.